The molecule has 0 heterocycles. The van der Waals surface area contributed by atoms with E-state index in [1.54, 1.807) is 24.1 Å². The van der Waals surface area contributed by atoms with Gasteiger partial charge < -0.3 is 0 Å². The summed E-state index contributed by atoms with van der Waals surface area (Å²) in [5.41, 5.74) is 4.97. The van der Waals surface area contributed by atoms with Crippen LogP contribution in [0.3, 0.4) is 0 Å². The number of allylic oxidation sites excluding steroid dienone is 6. The second kappa shape index (κ2) is 6.88. The van der Waals surface area contributed by atoms with Crippen LogP contribution in [0.1, 0.15) is 66.7 Å². The third-order valence-corrected chi connectivity index (χ3v) is 4.17. The molecule has 1 aliphatic carbocycles. The maximum Gasteiger partial charge on any atom is 0.152 e. The maximum atomic E-state index is 10.8. The molecule has 1 heteroatoms. The Bertz CT molecular complexity index is 419. The van der Waals surface area contributed by atoms with Crippen molar-refractivity contribution >= 4 is 5.78 Å². The van der Waals surface area contributed by atoms with Gasteiger partial charge in [0.1, 0.15) is 0 Å². The average molecular weight is 260 g/mol. The molecule has 0 amide bonds. The molecule has 1 nitrogen and oxygen atoms in total. The van der Waals surface area contributed by atoms with Gasteiger partial charge in [-0.1, -0.05) is 42.7 Å². The summed E-state index contributed by atoms with van der Waals surface area (Å²) in [5, 5.41) is 0. The van der Waals surface area contributed by atoms with Crippen LogP contribution in [0, 0.1) is 5.41 Å². The first-order valence-electron chi connectivity index (χ1n) is 7.36. The summed E-state index contributed by atoms with van der Waals surface area (Å²) in [5.74, 6) is 0.107. The molecule has 0 bridgehead atoms. The Balaban J connectivity index is 2.63. The van der Waals surface area contributed by atoms with E-state index in [0.29, 0.717) is 5.41 Å². The van der Waals surface area contributed by atoms with Crippen LogP contribution in [0.4, 0.5) is 0 Å². The minimum Gasteiger partial charge on any atom is -0.295 e. The predicted octanol–water partition coefficient (Wildman–Crippen LogP) is 5.38. The molecule has 0 aliphatic heterocycles. The van der Waals surface area contributed by atoms with Crippen molar-refractivity contribution in [1.82, 2.24) is 0 Å². The largest absolute Gasteiger partial charge is 0.295 e. The first kappa shape index (κ1) is 15.9. The number of rotatable bonds is 5. The molecule has 1 aliphatic rings. The first-order valence-corrected chi connectivity index (χ1v) is 7.36. The smallest absolute Gasteiger partial charge is 0.152 e. The molecule has 1 rings (SSSR count). The Morgan fingerprint density at radius 2 is 2.00 bits per heavy atom. The van der Waals surface area contributed by atoms with Gasteiger partial charge in [-0.2, -0.15) is 0 Å². The number of hydrogen-bond donors (Lipinski definition) is 0. The van der Waals surface area contributed by atoms with Crippen molar-refractivity contribution in [3.8, 4) is 0 Å². The minimum absolute atomic E-state index is 0.107. The fourth-order valence-electron chi connectivity index (χ4n) is 2.98. The highest BCUT2D eigenvalue weighted by Crippen LogP contribution is 2.42. The Hall–Kier alpha value is -1.11. The highest BCUT2D eigenvalue weighted by atomic mass is 16.1. The normalized spacial score (nSPS) is 20.2. The summed E-state index contributed by atoms with van der Waals surface area (Å²) in [7, 11) is 0. The summed E-state index contributed by atoms with van der Waals surface area (Å²) >= 11 is 0. The van der Waals surface area contributed by atoms with Gasteiger partial charge in [0.25, 0.3) is 0 Å². The van der Waals surface area contributed by atoms with E-state index in [1.165, 1.54) is 24.8 Å². The lowest BCUT2D eigenvalue weighted by Crippen LogP contribution is -2.20. The standard InChI is InChI=1S/C18H28O/c1-14(8-6-10-16(3)19)11-12-17-15(2)9-7-13-18(17,4)5/h6,8,10H,7,9,11-13H2,1-5H3/b10-6+,14-8-. The van der Waals surface area contributed by atoms with Crippen LogP contribution < -0.4 is 0 Å². The van der Waals surface area contributed by atoms with E-state index in [2.05, 4.69) is 33.8 Å². The van der Waals surface area contributed by atoms with Gasteiger partial charge in [-0.05, 0) is 64.4 Å². The van der Waals surface area contributed by atoms with E-state index in [9.17, 15) is 4.79 Å². The van der Waals surface area contributed by atoms with Gasteiger partial charge >= 0.3 is 0 Å². The number of carbonyl (C=O) groups excluding carboxylic acids is 1. The summed E-state index contributed by atoms with van der Waals surface area (Å²) in [6, 6.07) is 0. The van der Waals surface area contributed by atoms with Gasteiger partial charge in [-0.15, -0.1) is 0 Å². The topological polar surface area (TPSA) is 17.1 Å². The van der Waals surface area contributed by atoms with E-state index in [4.69, 9.17) is 0 Å². The summed E-state index contributed by atoms with van der Waals surface area (Å²) in [6.45, 7) is 10.8. The zero-order chi connectivity index (χ0) is 14.5. The molecule has 0 N–H and O–H groups in total. The van der Waals surface area contributed by atoms with Crippen LogP contribution in [0.25, 0.3) is 0 Å². The van der Waals surface area contributed by atoms with E-state index in [1.807, 2.05) is 6.08 Å². The average Bonchev–Trinajstić information content (AvgIpc) is 2.26. The molecule has 0 aromatic carbocycles. The van der Waals surface area contributed by atoms with E-state index >= 15 is 0 Å². The van der Waals surface area contributed by atoms with Gasteiger partial charge in [0.15, 0.2) is 5.78 Å². The van der Waals surface area contributed by atoms with Crippen LogP contribution in [-0.2, 0) is 4.79 Å². The van der Waals surface area contributed by atoms with Crippen LogP contribution in [0.15, 0.2) is 34.9 Å². The highest BCUT2D eigenvalue weighted by molar-refractivity contribution is 5.87. The molecule has 19 heavy (non-hydrogen) atoms. The zero-order valence-corrected chi connectivity index (χ0v) is 13.2. The molecular formula is C18H28O. The fourth-order valence-corrected chi connectivity index (χ4v) is 2.98. The summed E-state index contributed by atoms with van der Waals surface area (Å²) in [6.07, 6.45) is 11.7. The van der Waals surface area contributed by atoms with Crippen LogP contribution in [0.5, 0.6) is 0 Å². The predicted molar refractivity (Wildman–Crippen MR) is 83.1 cm³/mol. The molecular weight excluding hydrogens is 232 g/mol. The monoisotopic (exact) mass is 260 g/mol. The van der Waals surface area contributed by atoms with Crippen molar-refractivity contribution in [2.45, 2.75) is 66.7 Å². The molecule has 0 saturated heterocycles. The SMILES string of the molecule is CC(=O)/C=C/C=C(/C)CCC1=C(C)CCCC1(C)C. The summed E-state index contributed by atoms with van der Waals surface area (Å²) in [4.78, 5) is 10.8. The van der Waals surface area contributed by atoms with Crippen molar-refractivity contribution < 1.29 is 4.79 Å². The highest BCUT2D eigenvalue weighted by Gasteiger charge is 2.27. The second-order valence-electron chi connectivity index (χ2n) is 6.48. The molecule has 0 unspecified atom stereocenters. The van der Waals surface area contributed by atoms with Gasteiger partial charge in [0.05, 0.1) is 0 Å². The summed E-state index contributed by atoms with van der Waals surface area (Å²) < 4.78 is 0. The molecule has 0 fully saturated rings. The third kappa shape index (κ3) is 5.18. The molecule has 0 radical (unpaired) electrons. The Morgan fingerprint density at radius 3 is 2.58 bits per heavy atom. The zero-order valence-electron chi connectivity index (χ0n) is 13.2. The first-order chi connectivity index (χ1) is 8.83. The number of hydrogen-bond acceptors (Lipinski definition) is 1. The lowest BCUT2D eigenvalue weighted by molar-refractivity contribution is -0.112. The maximum absolute atomic E-state index is 10.8. The van der Waals surface area contributed by atoms with Crippen LogP contribution in [0.2, 0.25) is 0 Å². The lowest BCUT2D eigenvalue weighted by atomic mass is 9.71. The molecule has 0 saturated carbocycles. The Morgan fingerprint density at radius 1 is 1.32 bits per heavy atom. The third-order valence-electron chi connectivity index (χ3n) is 4.17. The van der Waals surface area contributed by atoms with E-state index < -0.39 is 0 Å². The Labute approximate surface area is 118 Å². The van der Waals surface area contributed by atoms with Gasteiger partial charge in [0, 0.05) is 0 Å². The van der Waals surface area contributed by atoms with Crippen molar-refractivity contribution in [2.75, 3.05) is 0 Å². The van der Waals surface area contributed by atoms with Crippen molar-refractivity contribution in [3.05, 3.63) is 34.9 Å². The van der Waals surface area contributed by atoms with Crippen molar-refractivity contribution in [3.63, 3.8) is 0 Å². The lowest BCUT2D eigenvalue weighted by Gasteiger charge is -2.34. The molecule has 0 aromatic rings. The quantitative estimate of drug-likeness (QED) is 0.368. The molecule has 0 atom stereocenters. The van der Waals surface area contributed by atoms with Crippen LogP contribution >= 0.6 is 0 Å². The van der Waals surface area contributed by atoms with E-state index in [-0.39, 0.29) is 5.78 Å². The van der Waals surface area contributed by atoms with Crippen molar-refractivity contribution in [1.29, 1.82) is 0 Å². The molecule has 0 aromatic heterocycles. The number of carbonyl (C=O) groups is 1. The Kier molecular flexibility index (Phi) is 5.78. The van der Waals surface area contributed by atoms with E-state index in [0.717, 1.165) is 12.8 Å². The van der Waals surface area contributed by atoms with Gasteiger partial charge in [0.2, 0.25) is 0 Å². The molecule has 106 valence electrons. The minimum atomic E-state index is 0.107. The van der Waals surface area contributed by atoms with Gasteiger partial charge in [-0.3, -0.25) is 4.79 Å². The fraction of sp³-hybridized carbons (Fsp3) is 0.611. The van der Waals surface area contributed by atoms with Crippen molar-refractivity contribution in [2.24, 2.45) is 5.41 Å². The second-order valence-corrected chi connectivity index (χ2v) is 6.48. The van der Waals surface area contributed by atoms with Gasteiger partial charge in [-0.25, -0.2) is 0 Å². The molecule has 0 spiro atoms. The van der Waals surface area contributed by atoms with Crippen LogP contribution in [-0.4, -0.2) is 5.78 Å². The number of ketones is 1.